The zero-order chi connectivity index (χ0) is 14.9. The second-order valence-corrected chi connectivity index (χ2v) is 4.26. The van der Waals surface area contributed by atoms with E-state index in [1.54, 1.807) is 0 Å². The van der Waals surface area contributed by atoms with E-state index in [-0.39, 0.29) is 33.9 Å². The summed E-state index contributed by atoms with van der Waals surface area (Å²) < 4.78 is 13.8. The molecule has 0 amide bonds. The molecule has 9 heteroatoms. The predicted octanol–water partition coefficient (Wildman–Crippen LogP) is 2.81. The van der Waals surface area contributed by atoms with E-state index in [0.717, 1.165) is 0 Å². The molecule has 0 bridgehead atoms. The molecule has 0 aliphatic heterocycles. The molecular weight excluding hydrogens is 289 g/mol. The zero-order valence-corrected chi connectivity index (χ0v) is 11.0. The molecule has 0 radical (unpaired) electrons. The Morgan fingerprint density at radius 2 is 2.15 bits per heavy atom. The quantitative estimate of drug-likeness (QED) is 0.666. The molecule has 3 N–H and O–H groups in total. The maximum absolute atomic E-state index is 13.8. The first-order chi connectivity index (χ1) is 9.40. The van der Waals surface area contributed by atoms with Crippen LogP contribution in [0.3, 0.4) is 0 Å². The summed E-state index contributed by atoms with van der Waals surface area (Å²) in [5, 5.41) is 13.4. The number of anilines is 3. The van der Waals surface area contributed by atoms with Crippen LogP contribution in [0.5, 0.6) is 0 Å². The van der Waals surface area contributed by atoms with Crippen LogP contribution in [0.15, 0.2) is 18.2 Å². The first kappa shape index (κ1) is 13.9. The third-order valence-electron chi connectivity index (χ3n) is 2.46. The molecule has 1 heterocycles. The Labute approximate surface area is 117 Å². The van der Waals surface area contributed by atoms with Crippen molar-refractivity contribution in [2.24, 2.45) is 0 Å². The number of rotatable bonds is 3. The first-order valence-electron chi connectivity index (χ1n) is 5.39. The second-order valence-electron chi connectivity index (χ2n) is 3.85. The Balaban J connectivity index is 2.53. The van der Waals surface area contributed by atoms with Crippen molar-refractivity contribution in [3.05, 3.63) is 44.8 Å². The van der Waals surface area contributed by atoms with Gasteiger partial charge < -0.3 is 11.1 Å². The minimum absolute atomic E-state index is 0.0434. The van der Waals surface area contributed by atoms with Crippen LogP contribution in [0.25, 0.3) is 0 Å². The van der Waals surface area contributed by atoms with E-state index < -0.39 is 10.7 Å². The summed E-state index contributed by atoms with van der Waals surface area (Å²) in [5.74, 6) is -1.09. The molecule has 0 fully saturated rings. The average Bonchev–Trinajstić information content (AvgIpc) is 2.33. The molecule has 7 nitrogen and oxygen atoms in total. The van der Waals surface area contributed by atoms with Crippen molar-refractivity contribution < 1.29 is 9.31 Å². The van der Waals surface area contributed by atoms with Gasteiger partial charge in [0, 0.05) is 0 Å². The van der Waals surface area contributed by atoms with Crippen molar-refractivity contribution >= 4 is 34.7 Å². The maximum Gasteiger partial charge on any atom is 0.332 e. The fourth-order valence-corrected chi connectivity index (χ4v) is 1.80. The lowest BCUT2D eigenvalue weighted by Gasteiger charge is -2.09. The number of nitrogen functional groups attached to an aromatic ring is 1. The van der Waals surface area contributed by atoms with Crippen molar-refractivity contribution in [3.63, 3.8) is 0 Å². The van der Waals surface area contributed by atoms with E-state index in [0.29, 0.717) is 0 Å². The molecule has 2 rings (SSSR count). The molecule has 0 unspecified atom stereocenters. The van der Waals surface area contributed by atoms with Crippen LogP contribution in [0.1, 0.15) is 5.69 Å². The number of nitrogens with two attached hydrogens (primary N) is 1. The molecule has 0 saturated carbocycles. The molecule has 0 atom stereocenters. The van der Waals surface area contributed by atoms with Gasteiger partial charge in [0.2, 0.25) is 11.8 Å². The highest BCUT2D eigenvalue weighted by Crippen LogP contribution is 2.31. The lowest BCUT2D eigenvalue weighted by atomic mass is 10.3. The van der Waals surface area contributed by atoms with Crippen molar-refractivity contribution in [2.45, 2.75) is 6.92 Å². The van der Waals surface area contributed by atoms with Gasteiger partial charge in [0.05, 0.1) is 15.6 Å². The van der Waals surface area contributed by atoms with Gasteiger partial charge in [-0.2, -0.15) is 4.98 Å². The third-order valence-corrected chi connectivity index (χ3v) is 2.75. The van der Waals surface area contributed by atoms with E-state index in [1.807, 2.05) is 0 Å². The van der Waals surface area contributed by atoms with E-state index in [1.165, 1.54) is 25.1 Å². The van der Waals surface area contributed by atoms with Gasteiger partial charge in [-0.25, -0.2) is 9.37 Å². The Morgan fingerprint density at radius 3 is 2.80 bits per heavy atom. The van der Waals surface area contributed by atoms with Gasteiger partial charge in [-0.15, -0.1) is 0 Å². The summed E-state index contributed by atoms with van der Waals surface area (Å²) in [6, 6.07) is 4.23. The molecule has 0 saturated heterocycles. The van der Waals surface area contributed by atoms with Gasteiger partial charge in [0.25, 0.3) is 0 Å². The normalized spacial score (nSPS) is 10.3. The van der Waals surface area contributed by atoms with Gasteiger partial charge in [-0.3, -0.25) is 10.1 Å². The molecule has 0 aliphatic rings. The number of benzene rings is 1. The number of hydrogen-bond acceptors (Lipinski definition) is 6. The molecule has 0 aliphatic carbocycles. The molecule has 2 aromatic rings. The summed E-state index contributed by atoms with van der Waals surface area (Å²) in [5.41, 5.74) is 5.10. The predicted molar refractivity (Wildman–Crippen MR) is 72.5 cm³/mol. The summed E-state index contributed by atoms with van der Waals surface area (Å²) >= 11 is 5.64. The lowest BCUT2D eigenvalue weighted by Crippen LogP contribution is -2.07. The third kappa shape index (κ3) is 2.59. The molecule has 20 heavy (non-hydrogen) atoms. The number of halogens is 2. The first-order valence-corrected chi connectivity index (χ1v) is 5.77. The summed E-state index contributed by atoms with van der Waals surface area (Å²) in [4.78, 5) is 17.8. The highest BCUT2D eigenvalue weighted by molar-refractivity contribution is 6.31. The Morgan fingerprint density at radius 1 is 1.45 bits per heavy atom. The molecular formula is C11H9ClFN5O2. The average molecular weight is 298 g/mol. The Kier molecular flexibility index (Phi) is 3.66. The van der Waals surface area contributed by atoms with Crippen LogP contribution in [0, 0.1) is 22.9 Å². The summed E-state index contributed by atoms with van der Waals surface area (Å²) in [6.45, 7) is 1.41. The van der Waals surface area contributed by atoms with E-state index in [9.17, 15) is 14.5 Å². The monoisotopic (exact) mass is 297 g/mol. The zero-order valence-electron chi connectivity index (χ0n) is 10.2. The van der Waals surface area contributed by atoms with E-state index >= 15 is 0 Å². The minimum Gasteiger partial charge on any atom is -0.368 e. The maximum atomic E-state index is 13.8. The number of nitrogens with zero attached hydrogens (tertiary/aromatic N) is 3. The molecule has 1 aromatic carbocycles. The fourth-order valence-electron chi connectivity index (χ4n) is 1.62. The molecule has 0 spiro atoms. The van der Waals surface area contributed by atoms with Crippen LogP contribution in [0.4, 0.5) is 27.5 Å². The minimum atomic E-state index is -0.738. The van der Waals surface area contributed by atoms with Crippen LogP contribution in [0.2, 0.25) is 5.02 Å². The molecule has 104 valence electrons. The summed E-state index contributed by atoms with van der Waals surface area (Å²) in [7, 11) is 0. The van der Waals surface area contributed by atoms with Gasteiger partial charge >= 0.3 is 5.69 Å². The van der Waals surface area contributed by atoms with Gasteiger partial charge in [-0.1, -0.05) is 17.7 Å². The number of aromatic nitrogens is 2. The summed E-state index contributed by atoms with van der Waals surface area (Å²) in [6.07, 6.45) is 0. The van der Waals surface area contributed by atoms with Crippen molar-refractivity contribution in [2.75, 3.05) is 11.1 Å². The molecule has 1 aromatic heterocycles. The Hall–Kier alpha value is -2.48. The largest absolute Gasteiger partial charge is 0.368 e. The van der Waals surface area contributed by atoms with E-state index in [4.69, 9.17) is 17.3 Å². The van der Waals surface area contributed by atoms with Crippen LogP contribution in [-0.4, -0.2) is 14.9 Å². The van der Waals surface area contributed by atoms with Crippen molar-refractivity contribution in [3.8, 4) is 0 Å². The Bertz CT molecular complexity index is 695. The topological polar surface area (TPSA) is 107 Å². The second kappa shape index (κ2) is 5.25. The highest BCUT2D eigenvalue weighted by atomic mass is 35.5. The van der Waals surface area contributed by atoms with Crippen molar-refractivity contribution in [1.29, 1.82) is 0 Å². The smallest absolute Gasteiger partial charge is 0.332 e. The van der Waals surface area contributed by atoms with Crippen molar-refractivity contribution in [1.82, 2.24) is 9.97 Å². The van der Waals surface area contributed by atoms with Crippen LogP contribution < -0.4 is 11.1 Å². The van der Waals surface area contributed by atoms with Gasteiger partial charge in [0.1, 0.15) is 5.69 Å². The number of nitrogens with one attached hydrogen (secondary N) is 1. The fraction of sp³-hybridized carbons (Fsp3) is 0.0909. The number of nitro groups is 1. The van der Waals surface area contributed by atoms with Gasteiger partial charge in [-0.05, 0) is 19.1 Å². The standard InChI is InChI=1S/C11H9ClFN5O2/c1-5-9(18(19)20)10(17-11(14)15-5)16-7-4-2-3-6(12)8(7)13/h2-4H,1H3,(H3,14,15,16,17). The highest BCUT2D eigenvalue weighted by Gasteiger charge is 2.22. The number of aryl methyl sites for hydroxylation is 1. The SMILES string of the molecule is Cc1nc(N)nc(Nc2cccc(Cl)c2F)c1[N+](=O)[O-]. The number of hydrogen-bond donors (Lipinski definition) is 2. The van der Waals surface area contributed by atoms with Gasteiger partial charge in [0.15, 0.2) is 5.82 Å². The lowest BCUT2D eigenvalue weighted by molar-refractivity contribution is -0.385. The van der Waals surface area contributed by atoms with E-state index in [2.05, 4.69) is 15.3 Å². The van der Waals surface area contributed by atoms with Crippen LogP contribution in [-0.2, 0) is 0 Å². The van der Waals surface area contributed by atoms with Crippen LogP contribution >= 0.6 is 11.6 Å².